The van der Waals surface area contributed by atoms with Crippen LogP contribution in [0.1, 0.15) is 12.8 Å². The second kappa shape index (κ2) is 6.90. The second-order valence-corrected chi connectivity index (χ2v) is 3.06. The van der Waals surface area contributed by atoms with Crippen molar-refractivity contribution in [3.63, 3.8) is 0 Å². The average Bonchev–Trinajstić information content (AvgIpc) is 2.19. The molecular formula is C10H17NO2. The highest BCUT2D eigenvalue weighted by molar-refractivity contribution is 4.86. The lowest BCUT2D eigenvalue weighted by Crippen LogP contribution is -2.27. The topological polar surface area (TPSA) is 30.5 Å². The van der Waals surface area contributed by atoms with E-state index in [0.717, 1.165) is 39.2 Å². The molecule has 1 aliphatic heterocycles. The van der Waals surface area contributed by atoms with Gasteiger partial charge in [-0.2, -0.15) is 0 Å². The Hall–Kier alpha value is -0.560. The smallest absolute Gasteiger partial charge is 0.0619 e. The van der Waals surface area contributed by atoms with Crippen molar-refractivity contribution in [3.05, 3.63) is 0 Å². The molecule has 1 saturated heterocycles. The molecule has 0 saturated carbocycles. The van der Waals surface area contributed by atoms with E-state index >= 15 is 0 Å². The molecule has 1 N–H and O–H groups in total. The summed E-state index contributed by atoms with van der Waals surface area (Å²) in [6.45, 7) is 3.87. The van der Waals surface area contributed by atoms with E-state index in [4.69, 9.17) is 15.9 Å². The van der Waals surface area contributed by atoms with Crippen molar-refractivity contribution >= 4 is 0 Å². The molecule has 74 valence electrons. The summed E-state index contributed by atoms with van der Waals surface area (Å²) in [5, 5.41) is 3.08. The fourth-order valence-electron chi connectivity index (χ4n) is 1.30. The average molecular weight is 183 g/mol. The van der Waals surface area contributed by atoms with Crippen LogP contribution < -0.4 is 5.32 Å². The Kier molecular flexibility index (Phi) is 5.59. The van der Waals surface area contributed by atoms with E-state index in [1.54, 1.807) is 0 Å². The molecule has 0 atom stereocenters. The molecule has 3 heteroatoms. The van der Waals surface area contributed by atoms with Crippen LogP contribution in [0.4, 0.5) is 0 Å². The Morgan fingerprint density at radius 3 is 2.92 bits per heavy atom. The molecule has 3 nitrogen and oxygen atoms in total. The number of ether oxygens (including phenoxy) is 2. The van der Waals surface area contributed by atoms with E-state index in [1.165, 1.54) is 0 Å². The molecule has 0 unspecified atom stereocenters. The summed E-state index contributed by atoms with van der Waals surface area (Å²) in [7, 11) is 0. The first-order valence-corrected chi connectivity index (χ1v) is 4.77. The van der Waals surface area contributed by atoms with Gasteiger partial charge in [0.05, 0.1) is 19.3 Å². The Morgan fingerprint density at radius 2 is 2.23 bits per heavy atom. The minimum absolute atomic E-state index is 0.390. The zero-order chi connectivity index (χ0) is 9.36. The van der Waals surface area contributed by atoms with Crippen molar-refractivity contribution in [2.45, 2.75) is 18.9 Å². The molecule has 0 aromatic carbocycles. The monoisotopic (exact) mass is 183 g/mol. The number of nitrogens with one attached hydrogen (secondary N) is 1. The molecule has 0 amide bonds. The predicted octanol–water partition coefficient (Wildman–Crippen LogP) is 0.405. The molecule has 0 bridgehead atoms. The van der Waals surface area contributed by atoms with E-state index < -0.39 is 0 Å². The van der Waals surface area contributed by atoms with Crippen LogP contribution in [0, 0.1) is 12.3 Å². The van der Waals surface area contributed by atoms with E-state index in [1.807, 2.05) is 0 Å². The first-order chi connectivity index (χ1) is 6.43. The first-order valence-electron chi connectivity index (χ1n) is 4.77. The molecule has 0 aromatic rings. The van der Waals surface area contributed by atoms with Crippen molar-refractivity contribution in [1.29, 1.82) is 0 Å². The minimum atomic E-state index is 0.390. The summed E-state index contributed by atoms with van der Waals surface area (Å²) in [4.78, 5) is 0. The van der Waals surface area contributed by atoms with Gasteiger partial charge >= 0.3 is 0 Å². The lowest BCUT2D eigenvalue weighted by molar-refractivity contribution is -0.0303. The van der Waals surface area contributed by atoms with Gasteiger partial charge in [0.25, 0.3) is 0 Å². The summed E-state index contributed by atoms with van der Waals surface area (Å²) in [5.41, 5.74) is 0. The quantitative estimate of drug-likeness (QED) is 0.494. The third kappa shape index (κ3) is 4.89. The maximum Gasteiger partial charge on any atom is 0.0619 e. The fourth-order valence-corrected chi connectivity index (χ4v) is 1.30. The Morgan fingerprint density at radius 1 is 1.46 bits per heavy atom. The zero-order valence-electron chi connectivity index (χ0n) is 7.92. The van der Waals surface area contributed by atoms with Crippen LogP contribution in [0.15, 0.2) is 0 Å². The van der Waals surface area contributed by atoms with E-state index in [-0.39, 0.29) is 0 Å². The van der Waals surface area contributed by atoms with Gasteiger partial charge in [-0.3, -0.25) is 0 Å². The van der Waals surface area contributed by atoms with Gasteiger partial charge in [0.2, 0.25) is 0 Å². The van der Waals surface area contributed by atoms with Gasteiger partial charge in [-0.15, -0.1) is 6.42 Å². The zero-order valence-corrected chi connectivity index (χ0v) is 7.92. The lowest BCUT2D eigenvalue weighted by Gasteiger charge is -2.22. The van der Waals surface area contributed by atoms with Crippen LogP contribution in [0.5, 0.6) is 0 Å². The molecule has 1 aliphatic rings. The van der Waals surface area contributed by atoms with Gasteiger partial charge in [0, 0.05) is 19.8 Å². The van der Waals surface area contributed by atoms with Crippen molar-refractivity contribution in [2.75, 3.05) is 32.9 Å². The standard InChI is InChI=1S/C10H17NO2/c1-2-5-11-6-9-13-10-3-7-12-8-4-10/h1,10-11H,3-9H2. The van der Waals surface area contributed by atoms with Crippen LogP contribution in [0.3, 0.4) is 0 Å². The molecule has 0 aliphatic carbocycles. The maximum atomic E-state index is 5.62. The van der Waals surface area contributed by atoms with Gasteiger partial charge < -0.3 is 14.8 Å². The fraction of sp³-hybridized carbons (Fsp3) is 0.800. The molecule has 0 spiro atoms. The Bertz CT molecular complexity index is 159. The van der Waals surface area contributed by atoms with Gasteiger partial charge in [-0.25, -0.2) is 0 Å². The highest BCUT2D eigenvalue weighted by Crippen LogP contribution is 2.09. The molecule has 13 heavy (non-hydrogen) atoms. The van der Waals surface area contributed by atoms with E-state index in [9.17, 15) is 0 Å². The summed E-state index contributed by atoms with van der Waals surface area (Å²) < 4.78 is 10.8. The summed E-state index contributed by atoms with van der Waals surface area (Å²) >= 11 is 0. The molecular weight excluding hydrogens is 166 g/mol. The van der Waals surface area contributed by atoms with Crippen LogP contribution in [-0.2, 0) is 9.47 Å². The normalized spacial score (nSPS) is 18.4. The summed E-state index contributed by atoms with van der Waals surface area (Å²) in [6.07, 6.45) is 7.52. The Labute approximate surface area is 79.8 Å². The van der Waals surface area contributed by atoms with Crippen LogP contribution in [-0.4, -0.2) is 39.0 Å². The number of hydrogen-bond donors (Lipinski definition) is 1. The summed E-state index contributed by atoms with van der Waals surface area (Å²) in [6, 6.07) is 0. The third-order valence-corrected chi connectivity index (χ3v) is 2.03. The minimum Gasteiger partial charge on any atom is -0.381 e. The van der Waals surface area contributed by atoms with Gasteiger partial charge in [-0.1, -0.05) is 5.92 Å². The van der Waals surface area contributed by atoms with Crippen molar-refractivity contribution in [2.24, 2.45) is 0 Å². The summed E-state index contributed by atoms with van der Waals surface area (Å²) in [5.74, 6) is 2.52. The lowest BCUT2D eigenvalue weighted by atomic mass is 10.2. The van der Waals surface area contributed by atoms with Gasteiger partial charge in [0.1, 0.15) is 0 Å². The number of rotatable bonds is 5. The van der Waals surface area contributed by atoms with Gasteiger partial charge in [0.15, 0.2) is 0 Å². The van der Waals surface area contributed by atoms with Crippen LogP contribution >= 0.6 is 0 Å². The van der Waals surface area contributed by atoms with E-state index in [2.05, 4.69) is 11.2 Å². The molecule has 0 radical (unpaired) electrons. The number of hydrogen-bond acceptors (Lipinski definition) is 3. The third-order valence-electron chi connectivity index (χ3n) is 2.03. The van der Waals surface area contributed by atoms with Gasteiger partial charge in [-0.05, 0) is 12.8 Å². The van der Waals surface area contributed by atoms with Crippen molar-refractivity contribution in [3.8, 4) is 12.3 Å². The largest absolute Gasteiger partial charge is 0.381 e. The van der Waals surface area contributed by atoms with E-state index in [0.29, 0.717) is 12.6 Å². The van der Waals surface area contributed by atoms with Crippen molar-refractivity contribution < 1.29 is 9.47 Å². The highest BCUT2D eigenvalue weighted by Gasteiger charge is 2.13. The number of terminal acetylenes is 1. The highest BCUT2D eigenvalue weighted by atomic mass is 16.5. The molecule has 0 aromatic heterocycles. The Balaban J connectivity index is 1.90. The molecule has 1 rings (SSSR count). The predicted molar refractivity (Wildman–Crippen MR) is 51.5 cm³/mol. The maximum absolute atomic E-state index is 5.62. The first kappa shape index (κ1) is 10.5. The van der Waals surface area contributed by atoms with Crippen LogP contribution in [0.2, 0.25) is 0 Å². The molecule has 1 heterocycles. The van der Waals surface area contributed by atoms with Crippen LogP contribution in [0.25, 0.3) is 0 Å². The van der Waals surface area contributed by atoms with Crippen molar-refractivity contribution in [1.82, 2.24) is 5.32 Å². The second-order valence-electron chi connectivity index (χ2n) is 3.06. The molecule has 1 fully saturated rings. The SMILES string of the molecule is C#CCNCCOC1CCOCC1.